The van der Waals surface area contributed by atoms with Gasteiger partial charge in [0, 0.05) is 32.4 Å². The third-order valence-electron chi connectivity index (χ3n) is 6.32. The highest BCUT2D eigenvalue weighted by molar-refractivity contribution is 5.85. The molecule has 37 heavy (non-hydrogen) atoms. The van der Waals surface area contributed by atoms with Crippen molar-refractivity contribution in [2.24, 2.45) is 0 Å². The summed E-state index contributed by atoms with van der Waals surface area (Å²) >= 11 is 0. The Hall–Kier alpha value is -4.36. The van der Waals surface area contributed by atoms with Gasteiger partial charge in [0.05, 0.1) is 19.0 Å². The van der Waals surface area contributed by atoms with Gasteiger partial charge in [-0.2, -0.15) is 15.2 Å². The first-order valence-corrected chi connectivity index (χ1v) is 12.4. The maximum absolute atomic E-state index is 9.42. The molecule has 0 bridgehead atoms. The number of hydrogen-bond acceptors (Lipinski definition) is 9. The number of fused-ring (bicyclic) bond motifs is 1. The van der Waals surface area contributed by atoms with Crippen molar-refractivity contribution in [3.05, 3.63) is 66.5 Å². The Morgan fingerprint density at radius 2 is 1.92 bits per heavy atom. The van der Waals surface area contributed by atoms with Gasteiger partial charge in [0.2, 0.25) is 5.95 Å². The van der Waals surface area contributed by atoms with Gasteiger partial charge in [-0.05, 0) is 42.7 Å². The van der Waals surface area contributed by atoms with E-state index in [2.05, 4.69) is 38.5 Å². The van der Waals surface area contributed by atoms with E-state index >= 15 is 0 Å². The van der Waals surface area contributed by atoms with Crippen molar-refractivity contribution in [3.63, 3.8) is 0 Å². The van der Waals surface area contributed by atoms with Crippen LogP contribution in [0.4, 0.5) is 17.5 Å². The lowest BCUT2D eigenvalue weighted by atomic mass is 10.1. The fraction of sp³-hybridized carbons (Fsp3) is 0.333. The molecule has 1 aliphatic rings. The Morgan fingerprint density at radius 3 is 2.70 bits per heavy atom. The molecule has 10 nitrogen and oxygen atoms in total. The van der Waals surface area contributed by atoms with Crippen molar-refractivity contribution in [3.8, 4) is 11.9 Å². The van der Waals surface area contributed by atoms with E-state index in [9.17, 15) is 5.26 Å². The van der Waals surface area contributed by atoms with Crippen LogP contribution in [0.2, 0.25) is 0 Å². The maximum atomic E-state index is 9.42. The van der Waals surface area contributed by atoms with Crippen LogP contribution in [0.5, 0.6) is 5.75 Å². The molecule has 1 saturated heterocycles. The van der Waals surface area contributed by atoms with E-state index in [0.717, 1.165) is 42.0 Å². The van der Waals surface area contributed by atoms with Crippen LogP contribution in [0.3, 0.4) is 0 Å². The zero-order valence-corrected chi connectivity index (χ0v) is 20.8. The van der Waals surface area contributed by atoms with Crippen molar-refractivity contribution in [1.82, 2.24) is 24.4 Å². The summed E-state index contributed by atoms with van der Waals surface area (Å²) in [5, 5.41) is 16.2. The van der Waals surface area contributed by atoms with Gasteiger partial charge in [0.15, 0.2) is 23.2 Å². The van der Waals surface area contributed by atoms with Gasteiger partial charge in [-0.3, -0.25) is 0 Å². The smallest absolute Gasteiger partial charge is 0.231 e. The second-order valence-corrected chi connectivity index (χ2v) is 8.89. The monoisotopic (exact) mass is 498 g/mol. The van der Waals surface area contributed by atoms with Crippen molar-refractivity contribution in [2.45, 2.75) is 25.4 Å². The molecule has 1 fully saturated rings. The van der Waals surface area contributed by atoms with Gasteiger partial charge < -0.3 is 29.6 Å². The molecule has 2 aromatic heterocycles. The van der Waals surface area contributed by atoms with E-state index in [4.69, 9.17) is 19.4 Å². The molecule has 5 rings (SSSR count). The molecule has 2 aromatic carbocycles. The van der Waals surface area contributed by atoms with Crippen molar-refractivity contribution >= 4 is 28.6 Å². The van der Waals surface area contributed by atoms with Crippen LogP contribution in [0.1, 0.15) is 24.4 Å². The summed E-state index contributed by atoms with van der Waals surface area (Å²) in [5.74, 6) is 1.88. The van der Waals surface area contributed by atoms with Gasteiger partial charge in [-0.15, -0.1) is 0 Å². The Morgan fingerprint density at radius 1 is 1.08 bits per heavy atom. The van der Waals surface area contributed by atoms with Crippen LogP contribution in [0.15, 0.2) is 60.9 Å². The first-order chi connectivity index (χ1) is 18.2. The van der Waals surface area contributed by atoms with E-state index in [1.807, 2.05) is 48.8 Å². The number of rotatable bonds is 10. The fourth-order valence-corrected chi connectivity index (χ4v) is 4.42. The summed E-state index contributed by atoms with van der Waals surface area (Å²) in [4.78, 5) is 16.1. The number of nitrogens with zero attached hydrogens (tertiary/aromatic N) is 6. The lowest BCUT2D eigenvalue weighted by molar-refractivity contribution is 0.146. The van der Waals surface area contributed by atoms with Gasteiger partial charge in [-0.25, -0.2) is 4.98 Å². The zero-order chi connectivity index (χ0) is 25.5. The number of aromatic nitrogens is 4. The molecule has 190 valence electrons. The number of nitriles is 1. The summed E-state index contributed by atoms with van der Waals surface area (Å²) in [5.41, 5.74) is 3.42. The largest absolute Gasteiger partial charge is 0.491 e. The molecule has 1 aliphatic heterocycles. The molecule has 10 heteroatoms. The van der Waals surface area contributed by atoms with E-state index in [1.165, 1.54) is 0 Å². The lowest BCUT2D eigenvalue weighted by Gasteiger charge is -2.29. The summed E-state index contributed by atoms with van der Waals surface area (Å²) in [6.07, 6.45) is 6.01. The molecular formula is C27H30N8O2. The van der Waals surface area contributed by atoms with Crippen molar-refractivity contribution < 1.29 is 9.47 Å². The molecule has 0 saturated carbocycles. The van der Waals surface area contributed by atoms with Crippen LogP contribution >= 0.6 is 0 Å². The van der Waals surface area contributed by atoms with E-state index in [-0.39, 0.29) is 6.04 Å². The molecule has 2 N–H and O–H groups in total. The number of hydrogen-bond donors (Lipinski definition) is 2. The molecule has 1 unspecified atom stereocenters. The molecule has 1 atom stereocenters. The summed E-state index contributed by atoms with van der Waals surface area (Å²) in [6.45, 7) is 3.07. The maximum Gasteiger partial charge on any atom is 0.231 e. The number of ether oxygens (including phenoxy) is 2. The zero-order valence-electron chi connectivity index (χ0n) is 20.8. The molecule has 0 spiro atoms. The first kappa shape index (κ1) is 24.3. The van der Waals surface area contributed by atoms with Crippen LogP contribution in [0, 0.1) is 11.5 Å². The molecule has 0 amide bonds. The standard InChI is InChI=1S/C27H30N8O2/c1-36-14-15-37-23-11-9-21(10-12-23)31-27-32-25(29-16-20-6-3-2-4-7-20)24-26(33-27)35(19-30-24)22-8-5-13-34(17-22)18-28/h2-4,6-7,9-12,19,22H,5,8,13-17H2,1H3,(H2,29,31,32,33). The Kier molecular flexibility index (Phi) is 7.62. The quantitative estimate of drug-likeness (QED) is 0.244. The second kappa shape index (κ2) is 11.6. The number of imidazole rings is 1. The average molecular weight is 499 g/mol. The van der Waals surface area contributed by atoms with E-state index in [0.29, 0.717) is 43.6 Å². The number of benzene rings is 2. The van der Waals surface area contributed by atoms with E-state index in [1.54, 1.807) is 12.0 Å². The Labute approximate surface area is 215 Å². The minimum atomic E-state index is 0.117. The Balaban J connectivity index is 1.43. The predicted octanol–water partition coefficient (Wildman–Crippen LogP) is 4.33. The van der Waals surface area contributed by atoms with Gasteiger partial charge in [-0.1, -0.05) is 30.3 Å². The molecule has 0 radical (unpaired) electrons. The lowest BCUT2D eigenvalue weighted by Crippen LogP contribution is -2.33. The minimum Gasteiger partial charge on any atom is -0.491 e. The van der Waals surface area contributed by atoms with Crippen LogP contribution in [-0.4, -0.2) is 57.8 Å². The van der Waals surface area contributed by atoms with Gasteiger partial charge >= 0.3 is 0 Å². The Bertz CT molecular complexity index is 1350. The summed E-state index contributed by atoms with van der Waals surface area (Å²) < 4.78 is 12.8. The SMILES string of the molecule is COCCOc1ccc(Nc2nc(NCc3ccccc3)c3ncn(C4CCCN(C#N)C4)c3n2)cc1. The van der Waals surface area contributed by atoms with Crippen molar-refractivity contribution in [2.75, 3.05) is 44.0 Å². The third kappa shape index (κ3) is 5.90. The number of anilines is 3. The molecule has 3 heterocycles. The van der Waals surface area contributed by atoms with Crippen molar-refractivity contribution in [1.29, 1.82) is 5.26 Å². The third-order valence-corrected chi connectivity index (χ3v) is 6.32. The van der Waals surface area contributed by atoms with Gasteiger partial charge in [0.1, 0.15) is 12.4 Å². The van der Waals surface area contributed by atoms with Crippen LogP contribution < -0.4 is 15.4 Å². The minimum absolute atomic E-state index is 0.117. The highest BCUT2D eigenvalue weighted by Gasteiger charge is 2.24. The number of methoxy groups -OCH3 is 1. The number of piperidine rings is 1. The highest BCUT2D eigenvalue weighted by atomic mass is 16.5. The molecule has 0 aliphatic carbocycles. The summed E-state index contributed by atoms with van der Waals surface area (Å²) in [6, 6.07) is 17.9. The molecule has 4 aromatic rings. The summed E-state index contributed by atoms with van der Waals surface area (Å²) in [7, 11) is 1.65. The second-order valence-electron chi connectivity index (χ2n) is 8.89. The molecular weight excluding hydrogens is 468 g/mol. The first-order valence-electron chi connectivity index (χ1n) is 12.4. The van der Waals surface area contributed by atoms with Crippen LogP contribution in [0.25, 0.3) is 11.2 Å². The normalized spacial score (nSPS) is 15.4. The van der Waals surface area contributed by atoms with Crippen LogP contribution in [-0.2, 0) is 11.3 Å². The average Bonchev–Trinajstić information content (AvgIpc) is 3.37. The number of likely N-dealkylation sites (tertiary alicyclic amines) is 1. The predicted molar refractivity (Wildman–Crippen MR) is 142 cm³/mol. The fourth-order valence-electron chi connectivity index (χ4n) is 4.42. The van der Waals surface area contributed by atoms with Gasteiger partial charge in [0.25, 0.3) is 0 Å². The van der Waals surface area contributed by atoms with E-state index < -0.39 is 0 Å². The highest BCUT2D eigenvalue weighted by Crippen LogP contribution is 2.29. The topological polar surface area (TPSA) is 113 Å². The number of nitrogens with one attached hydrogen (secondary N) is 2.